The van der Waals surface area contributed by atoms with E-state index < -0.39 is 0 Å². The molecule has 7 heteroatoms. The van der Waals surface area contributed by atoms with Crippen LogP contribution in [0.25, 0.3) is 6.08 Å². The first kappa shape index (κ1) is 24.3. The first-order valence-corrected chi connectivity index (χ1v) is 12.1. The van der Waals surface area contributed by atoms with E-state index in [4.69, 9.17) is 9.47 Å². The summed E-state index contributed by atoms with van der Waals surface area (Å²) in [5, 5.41) is 0.572. The molecule has 1 heterocycles. The molecule has 3 aromatic rings. The number of hydrogen-bond acceptors (Lipinski definition) is 6. The van der Waals surface area contributed by atoms with E-state index in [1.807, 2.05) is 42.5 Å². The lowest BCUT2D eigenvalue weighted by atomic mass is 10.1. The van der Waals surface area contributed by atoms with Crippen molar-refractivity contribution in [2.75, 3.05) is 13.7 Å². The molecule has 0 aliphatic carbocycles. The van der Waals surface area contributed by atoms with E-state index in [-0.39, 0.29) is 11.9 Å². The molecule has 0 atom stereocenters. The number of aryl methyl sites for hydroxylation is 1. The Hall–Kier alpha value is -3.84. The number of amidine groups is 1. The highest BCUT2D eigenvalue weighted by molar-refractivity contribution is 8.18. The van der Waals surface area contributed by atoms with Crippen molar-refractivity contribution in [2.45, 2.75) is 20.5 Å². The molecule has 1 fully saturated rings. The number of nitrogens with zero attached hydrogens (tertiary/aromatic N) is 2. The molecule has 6 nitrogen and oxygen atoms in total. The maximum absolute atomic E-state index is 12.7. The fourth-order valence-electron chi connectivity index (χ4n) is 3.43. The van der Waals surface area contributed by atoms with E-state index in [1.165, 1.54) is 22.2 Å². The van der Waals surface area contributed by atoms with Crippen molar-refractivity contribution < 1.29 is 19.1 Å². The van der Waals surface area contributed by atoms with Crippen molar-refractivity contribution in [3.63, 3.8) is 0 Å². The Labute approximate surface area is 209 Å². The second-order valence-corrected chi connectivity index (χ2v) is 8.99. The van der Waals surface area contributed by atoms with Crippen LogP contribution in [0.4, 0.5) is 5.69 Å². The number of hydrogen-bond donors (Lipinski definition) is 0. The van der Waals surface area contributed by atoms with Crippen LogP contribution in [-0.2, 0) is 16.1 Å². The van der Waals surface area contributed by atoms with E-state index in [0.717, 1.165) is 16.9 Å². The number of carbonyl (C=O) groups excluding carboxylic acids is 2. The third kappa shape index (κ3) is 6.19. The van der Waals surface area contributed by atoms with Crippen LogP contribution in [0.1, 0.15) is 34.0 Å². The second-order valence-electron chi connectivity index (χ2n) is 7.98. The van der Waals surface area contributed by atoms with Crippen LogP contribution in [0.2, 0.25) is 0 Å². The molecule has 1 amide bonds. The highest BCUT2D eigenvalue weighted by Gasteiger charge is 2.30. The minimum absolute atomic E-state index is 0.114. The van der Waals surface area contributed by atoms with E-state index in [1.54, 1.807) is 38.2 Å². The second kappa shape index (κ2) is 11.1. The maximum Gasteiger partial charge on any atom is 0.338 e. The lowest BCUT2D eigenvalue weighted by Gasteiger charge is -2.07. The number of amides is 1. The van der Waals surface area contributed by atoms with Crippen LogP contribution in [0, 0.1) is 6.92 Å². The van der Waals surface area contributed by atoms with Crippen LogP contribution in [0.3, 0.4) is 0 Å². The number of rotatable bonds is 7. The number of likely N-dealkylation sites (N-methyl/N-ethyl adjacent to an activating group) is 1. The van der Waals surface area contributed by atoms with Crippen molar-refractivity contribution in [3.05, 3.63) is 100.0 Å². The summed E-state index contributed by atoms with van der Waals surface area (Å²) in [7, 11) is 1.70. The Bertz CT molecular complexity index is 1280. The zero-order valence-corrected chi connectivity index (χ0v) is 20.7. The van der Waals surface area contributed by atoms with Gasteiger partial charge in [0.2, 0.25) is 0 Å². The van der Waals surface area contributed by atoms with Gasteiger partial charge >= 0.3 is 5.97 Å². The summed E-state index contributed by atoms with van der Waals surface area (Å²) in [6.07, 6.45) is 1.85. The predicted octanol–water partition coefficient (Wildman–Crippen LogP) is 5.98. The number of ether oxygens (including phenoxy) is 2. The summed E-state index contributed by atoms with van der Waals surface area (Å²) >= 11 is 1.31. The minimum atomic E-state index is -0.369. The molecule has 4 rings (SSSR count). The molecule has 0 unspecified atom stereocenters. The molecule has 1 aliphatic rings. The number of thioether (sulfide) groups is 1. The fraction of sp³-hybridized carbons (Fsp3) is 0.179. The van der Waals surface area contributed by atoms with Gasteiger partial charge in [-0.2, -0.15) is 0 Å². The third-order valence-corrected chi connectivity index (χ3v) is 6.33. The average Bonchev–Trinajstić information content (AvgIpc) is 3.12. The number of aliphatic imine (C=N–C) groups is 1. The molecule has 0 bridgehead atoms. The molecule has 0 N–H and O–H groups in total. The van der Waals surface area contributed by atoms with Gasteiger partial charge in [-0.15, -0.1) is 0 Å². The highest BCUT2D eigenvalue weighted by atomic mass is 32.2. The van der Waals surface area contributed by atoms with Gasteiger partial charge in [-0.05, 0) is 79.2 Å². The summed E-state index contributed by atoms with van der Waals surface area (Å²) in [4.78, 5) is 31.2. The molecule has 0 saturated carbocycles. The Kier molecular flexibility index (Phi) is 7.67. The van der Waals surface area contributed by atoms with E-state index >= 15 is 0 Å². The largest absolute Gasteiger partial charge is 0.489 e. The quantitative estimate of drug-likeness (QED) is 0.303. The van der Waals surface area contributed by atoms with Crippen molar-refractivity contribution in [2.24, 2.45) is 4.99 Å². The molecule has 1 saturated heterocycles. The monoisotopic (exact) mass is 486 g/mol. The van der Waals surface area contributed by atoms with Crippen molar-refractivity contribution in [1.29, 1.82) is 0 Å². The summed E-state index contributed by atoms with van der Waals surface area (Å²) in [6.45, 7) is 4.65. The van der Waals surface area contributed by atoms with Gasteiger partial charge in [-0.25, -0.2) is 9.79 Å². The van der Waals surface area contributed by atoms with E-state index in [2.05, 4.69) is 24.0 Å². The molecule has 178 valence electrons. The number of carbonyl (C=O) groups is 2. The lowest BCUT2D eigenvalue weighted by molar-refractivity contribution is -0.121. The Morgan fingerprint density at radius 3 is 2.49 bits per heavy atom. The highest BCUT2D eigenvalue weighted by Crippen LogP contribution is 2.33. The van der Waals surface area contributed by atoms with Gasteiger partial charge in [0.1, 0.15) is 12.4 Å². The van der Waals surface area contributed by atoms with Gasteiger partial charge in [0, 0.05) is 7.05 Å². The fourth-order valence-corrected chi connectivity index (χ4v) is 4.42. The SMILES string of the molecule is CCOC(=O)c1ccc(N=C2SC(=Cc3ccc(OCc4cccc(C)c4)cc3)C(=O)N2C)cc1. The zero-order chi connectivity index (χ0) is 24.8. The molecular formula is C28H26N2O4S. The molecule has 1 aliphatic heterocycles. The minimum Gasteiger partial charge on any atom is -0.489 e. The van der Waals surface area contributed by atoms with Crippen LogP contribution < -0.4 is 4.74 Å². The first-order valence-electron chi connectivity index (χ1n) is 11.2. The molecule has 0 aromatic heterocycles. The van der Waals surface area contributed by atoms with Gasteiger partial charge in [0.05, 0.1) is 22.8 Å². The normalized spacial score (nSPS) is 15.6. The van der Waals surface area contributed by atoms with Crippen LogP contribution in [0.15, 0.2) is 82.7 Å². The topological polar surface area (TPSA) is 68.2 Å². The van der Waals surface area contributed by atoms with Gasteiger partial charge in [-0.1, -0.05) is 42.0 Å². The van der Waals surface area contributed by atoms with Crippen molar-refractivity contribution in [1.82, 2.24) is 4.90 Å². The Balaban J connectivity index is 1.42. The molecule has 3 aromatic carbocycles. The standard InChI is InChI=1S/C28H26N2O4S/c1-4-33-27(32)22-10-12-23(13-11-22)29-28-30(3)26(31)25(35-28)17-20-8-14-24(15-9-20)34-18-21-7-5-6-19(2)16-21/h5-17H,4,18H2,1-3H3. The van der Waals surface area contributed by atoms with E-state index in [0.29, 0.717) is 34.5 Å². The third-order valence-electron chi connectivity index (χ3n) is 5.27. The predicted molar refractivity (Wildman–Crippen MR) is 140 cm³/mol. The van der Waals surface area contributed by atoms with Gasteiger partial charge in [0.25, 0.3) is 5.91 Å². The Morgan fingerprint density at radius 2 is 1.80 bits per heavy atom. The van der Waals surface area contributed by atoms with Gasteiger partial charge < -0.3 is 9.47 Å². The molecule has 0 spiro atoms. The molecule has 35 heavy (non-hydrogen) atoms. The van der Waals surface area contributed by atoms with Gasteiger partial charge in [-0.3, -0.25) is 9.69 Å². The summed E-state index contributed by atoms with van der Waals surface area (Å²) < 4.78 is 10.9. The maximum atomic E-state index is 12.7. The van der Waals surface area contributed by atoms with Crippen molar-refractivity contribution >= 4 is 40.6 Å². The lowest BCUT2D eigenvalue weighted by Crippen LogP contribution is -2.23. The van der Waals surface area contributed by atoms with Crippen LogP contribution in [-0.4, -0.2) is 35.6 Å². The van der Waals surface area contributed by atoms with E-state index in [9.17, 15) is 9.59 Å². The summed E-state index contributed by atoms with van der Waals surface area (Å²) in [5.74, 6) is 0.285. The zero-order valence-electron chi connectivity index (χ0n) is 19.9. The number of esters is 1. The van der Waals surface area contributed by atoms with Crippen LogP contribution in [0.5, 0.6) is 5.75 Å². The number of benzene rings is 3. The smallest absolute Gasteiger partial charge is 0.338 e. The molecular weight excluding hydrogens is 460 g/mol. The van der Waals surface area contributed by atoms with Crippen LogP contribution >= 0.6 is 11.8 Å². The van der Waals surface area contributed by atoms with Gasteiger partial charge in [0.15, 0.2) is 5.17 Å². The Morgan fingerprint density at radius 1 is 1.06 bits per heavy atom. The summed E-state index contributed by atoms with van der Waals surface area (Å²) in [6, 6.07) is 22.7. The first-order chi connectivity index (χ1) is 16.9. The molecule has 0 radical (unpaired) electrons. The average molecular weight is 487 g/mol. The summed E-state index contributed by atoms with van der Waals surface area (Å²) in [5.41, 5.74) is 4.34. The van der Waals surface area contributed by atoms with Crippen molar-refractivity contribution in [3.8, 4) is 5.75 Å².